The van der Waals surface area contributed by atoms with E-state index in [0.29, 0.717) is 26.0 Å². The van der Waals surface area contributed by atoms with Gasteiger partial charge in [-0.25, -0.2) is 0 Å². The van der Waals surface area contributed by atoms with Crippen molar-refractivity contribution in [3.05, 3.63) is 18.0 Å². The van der Waals surface area contributed by atoms with E-state index in [0.717, 1.165) is 31.7 Å². The molecule has 3 aliphatic rings. The summed E-state index contributed by atoms with van der Waals surface area (Å²) < 4.78 is 7.50. The molecule has 0 bridgehead atoms. The number of piperidine rings is 1. The van der Waals surface area contributed by atoms with Crippen LogP contribution < -0.4 is 0 Å². The van der Waals surface area contributed by atoms with Crippen LogP contribution in [-0.2, 0) is 21.4 Å². The Balaban J connectivity index is 1.61. The second-order valence-electron chi connectivity index (χ2n) is 7.79. The molecule has 25 heavy (non-hydrogen) atoms. The topological polar surface area (TPSA) is 67.7 Å². The zero-order valence-electron chi connectivity index (χ0n) is 15.0. The Morgan fingerprint density at radius 3 is 2.84 bits per heavy atom. The maximum absolute atomic E-state index is 13.4. The van der Waals surface area contributed by atoms with Crippen LogP contribution in [0.1, 0.15) is 37.4 Å². The maximum Gasteiger partial charge on any atom is 0.228 e. The molecule has 1 saturated carbocycles. The molecule has 0 radical (unpaired) electrons. The van der Waals surface area contributed by atoms with Gasteiger partial charge in [-0.05, 0) is 25.3 Å². The Hall–Kier alpha value is -1.89. The van der Waals surface area contributed by atoms with Crippen molar-refractivity contribution in [2.24, 2.45) is 18.4 Å². The van der Waals surface area contributed by atoms with Crippen LogP contribution in [0.15, 0.2) is 12.3 Å². The van der Waals surface area contributed by atoms with Crippen LogP contribution in [0.5, 0.6) is 0 Å². The Bertz CT molecular complexity index is 682. The molecule has 2 aliphatic heterocycles. The minimum Gasteiger partial charge on any atom is -0.379 e. The summed E-state index contributed by atoms with van der Waals surface area (Å²) >= 11 is 0. The van der Waals surface area contributed by atoms with E-state index in [9.17, 15) is 9.59 Å². The number of aromatic nitrogens is 2. The Labute approximate surface area is 147 Å². The summed E-state index contributed by atoms with van der Waals surface area (Å²) in [5, 5.41) is 4.24. The molecule has 4 rings (SSSR count). The first-order valence-electron chi connectivity index (χ1n) is 9.11. The van der Waals surface area contributed by atoms with Crippen molar-refractivity contribution in [1.29, 1.82) is 0 Å². The van der Waals surface area contributed by atoms with Crippen LogP contribution in [0.3, 0.4) is 0 Å². The molecular weight excluding hydrogens is 320 g/mol. The number of carbonyl (C=O) groups is 2. The maximum atomic E-state index is 13.4. The van der Waals surface area contributed by atoms with E-state index in [2.05, 4.69) is 5.10 Å². The van der Waals surface area contributed by atoms with Crippen molar-refractivity contribution < 1.29 is 14.3 Å². The molecule has 2 saturated heterocycles. The number of ether oxygens (including phenoxy) is 1. The van der Waals surface area contributed by atoms with Crippen molar-refractivity contribution in [3.8, 4) is 0 Å². The van der Waals surface area contributed by atoms with E-state index in [1.165, 1.54) is 0 Å². The fourth-order valence-corrected chi connectivity index (χ4v) is 4.27. The smallest absolute Gasteiger partial charge is 0.228 e. The molecule has 2 atom stereocenters. The first-order valence-corrected chi connectivity index (χ1v) is 9.11. The van der Waals surface area contributed by atoms with Crippen LogP contribution in [-0.4, -0.2) is 64.7 Å². The van der Waals surface area contributed by atoms with Gasteiger partial charge in [0, 0.05) is 45.2 Å². The molecular formula is C18H26N4O3. The predicted molar refractivity (Wildman–Crippen MR) is 90.5 cm³/mol. The third-order valence-corrected chi connectivity index (χ3v) is 6.05. The summed E-state index contributed by atoms with van der Waals surface area (Å²) in [6.07, 6.45) is 5.04. The molecule has 7 nitrogen and oxygen atoms in total. The Morgan fingerprint density at radius 1 is 1.36 bits per heavy atom. The normalized spacial score (nSPS) is 29.0. The third kappa shape index (κ3) is 2.94. The molecule has 136 valence electrons. The van der Waals surface area contributed by atoms with Gasteiger partial charge in [0.05, 0.1) is 30.9 Å². The standard InChI is InChI=1S/C18H26N4O3/c1-20-15(23)4-3-13(16(20)14-5-8-19-21(14)2)17(24)22-9-10-25-12-18(11-22)6-7-18/h5,8,13,16H,3-4,6-7,9-12H2,1-2H3/t13-,16-/m0/s1. The second-order valence-corrected chi connectivity index (χ2v) is 7.79. The number of hydrogen-bond donors (Lipinski definition) is 0. The molecule has 0 aromatic carbocycles. The predicted octanol–water partition coefficient (Wildman–Crippen LogP) is 0.969. The summed E-state index contributed by atoms with van der Waals surface area (Å²) in [6.45, 7) is 2.81. The van der Waals surface area contributed by atoms with Crippen molar-refractivity contribution in [3.63, 3.8) is 0 Å². The SMILES string of the molecule is CN1C(=O)CC[C@H](C(=O)N2CCOCC3(CC3)C2)[C@H]1c1ccnn1C. The summed E-state index contributed by atoms with van der Waals surface area (Å²) in [5.41, 5.74) is 1.10. The van der Waals surface area contributed by atoms with Crippen molar-refractivity contribution in [1.82, 2.24) is 19.6 Å². The minimum atomic E-state index is -0.249. The second kappa shape index (κ2) is 6.12. The van der Waals surface area contributed by atoms with Crippen LogP contribution in [0.25, 0.3) is 0 Å². The van der Waals surface area contributed by atoms with Crippen LogP contribution >= 0.6 is 0 Å². The van der Waals surface area contributed by atoms with E-state index >= 15 is 0 Å². The monoisotopic (exact) mass is 346 g/mol. The van der Waals surface area contributed by atoms with Gasteiger partial charge in [-0.2, -0.15) is 5.10 Å². The highest BCUT2D eigenvalue weighted by Gasteiger charge is 2.48. The van der Waals surface area contributed by atoms with E-state index in [4.69, 9.17) is 4.74 Å². The lowest BCUT2D eigenvalue weighted by Gasteiger charge is -2.40. The van der Waals surface area contributed by atoms with Crippen LogP contribution in [0.4, 0.5) is 0 Å². The van der Waals surface area contributed by atoms with Crippen molar-refractivity contribution in [2.75, 3.05) is 33.4 Å². The molecule has 0 N–H and O–H groups in total. The average molecular weight is 346 g/mol. The largest absolute Gasteiger partial charge is 0.379 e. The number of aryl methyl sites for hydroxylation is 1. The van der Waals surface area contributed by atoms with Crippen molar-refractivity contribution >= 4 is 11.8 Å². The lowest BCUT2D eigenvalue weighted by molar-refractivity contribution is -0.147. The highest BCUT2D eigenvalue weighted by molar-refractivity contribution is 5.85. The Kier molecular flexibility index (Phi) is 4.06. The molecule has 1 aromatic heterocycles. The van der Waals surface area contributed by atoms with Gasteiger partial charge >= 0.3 is 0 Å². The van der Waals surface area contributed by atoms with Crippen LogP contribution in [0.2, 0.25) is 0 Å². The lowest BCUT2D eigenvalue weighted by atomic mass is 9.85. The number of amides is 2. The first kappa shape index (κ1) is 16.6. The zero-order valence-corrected chi connectivity index (χ0v) is 15.0. The van der Waals surface area contributed by atoms with Gasteiger partial charge in [-0.3, -0.25) is 14.3 Å². The van der Waals surface area contributed by atoms with Crippen LogP contribution in [0, 0.1) is 11.3 Å². The van der Waals surface area contributed by atoms with E-state index in [1.54, 1.807) is 22.8 Å². The van der Waals surface area contributed by atoms with Gasteiger partial charge in [-0.1, -0.05) is 0 Å². The van der Waals surface area contributed by atoms with Gasteiger partial charge in [-0.15, -0.1) is 0 Å². The quantitative estimate of drug-likeness (QED) is 0.800. The molecule has 1 aliphatic carbocycles. The van der Waals surface area contributed by atoms with Gasteiger partial charge < -0.3 is 14.5 Å². The summed E-state index contributed by atoms with van der Waals surface area (Å²) in [6, 6.07) is 1.66. The number of carbonyl (C=O) groups excluding carboxylic acids is 2. The molecule has 0 unspecified atom stereocenters. The number of nitrogens with zero attached hydrogens (tertiary/aromatic N) is 4. The summed E-state index contributed by atoms with van der Waals surface area (Å²) in [5.74, 6) is 0.0300. The number of likely N-dealkylation sites (tertiary alicyclic amines) is 1. The zero-order chi connectivity index (χ0) is 17.6. The minimum absolute atomic E-state index is 0.0908. The molecule has 2 amide bonds. The lowest BCUT2D eigenvalue weighted by Crippen LogP contribution is -2.49. The van der Waals surface area contributed by atoms with Gasteiger partial charge in [0.2, 0.25) is 11.8 Å². The average Bonchev–Trinajstić information content (AvgIpc) is 3.30. The van der Waals surface area contributed by atoms with Gasteiger partial charge in [0.15, 0.2) is 0 Å². The molecule has 3 heterocycles. The molecule has 3 fully saturated rings. The highest BCUT2D eigenvalue weighted by atomic mass is 16.5. The fraction of sp³-hybridized carbons (Fsp3) is 0.722. The molecule has 1 aromatic rings. The van der Waals surface area contributed by atoms with E-state index in [-0.39, 0.29) is 29.2 Å². The molecule has 7 heteroatoms. The van der Waals surface area contributed by atoms with Gasteiger partial charge in [0.1, 0.15) is 0 Å². The number of hydrogen-bond acceptors (Lipinski definition) is 4. The third-order valence-electron chi connectivity index (χ3n) is 6.05. The van der Waals surface area contributed by atoms with E-state index in [1.807, 2.05) is 18.0 Å². The van der Waals surface area contributed by atoms with E-state index < -0.39 is 0 Å². The summed E-state index contributed by atoms with van der Waals surface area (Å²) in [4.78, 5) is 29.4. The fourth-order valence-electron chi connectivity index (χ4n) is 4.27. The summed E-state index contributed by atoms with van der Waals surface area (Å²) in [7, 11) is 3.66. The van der Waals surface area contributed by atoms with Crippen molar-refractivity contribution in [2.45, 2.75) is 31.7 Å². The highest BCUT2D eigenvalue weighted by Crippen LogP contribution is 2.48. The molecule has 1 spiro atoms. The van der Waals surface area contributed by atoms with Gasteiger partial charge in [0.25, 0.3) is 0 Å². The Morgan fingerprint density at radius 2 is 2.16 bits per heavy atom. The number of rotatable bonds is 2. The first-order chi connectivity index (χ1) is 12.0.